The summed E-state index contributed by atoms with van der Waals surface area (Å²) in [6.45, 7) is 2.40. The van der Waals surface area contributed by atoms with E-state index in [0.717, 1.165) is 25.7 Å². The van der Waals surface area contributed by atoms with Crippen LogP contribution >= 0.6 is 11.6 Å². The van der Waals surface area contributed by atoms with E-state index in [1.165, 1.54) is 0 Å². The Morgan fingerprint density at radius 1 is 1.63 bits per heavy atom. The molecule has 1 aromatic rings. The highest BCUT2D eigenvalue weighted by molar-refractivity contribution is 6.29. The lowest BCUT2D eigenvalue weighted by Gasteiger charge is -2.35. The number of halogens is 1. The van der Waals surface area contributed by atoms with Crippen molar-refractivity contribution in [2.45, 2.75) is 38.2 Å². The predicted molar refractivity (Wildman–Crippen MR) is 74.2 cm³/mol. The second-order valence-electron chi connectivity index (χ2n) is 5.45. The van der Waals surface area contributed by atoms with Gasteiger partial charge in [0.2, 0.25) is 0 Å². The van der Waals surface area contributed by atoms with Crippen LogP contribution in [0.1, 0.15) is 43.1 Å². The van der Waals surface area contributed by atoms with Crippen molar-refractivity contribution in [3.63, 3.8) is 0 Å². The van der Waals surface area contributed by atoms with Crippen LogP contribution in [0.15, 0.2) is 18.2 Å². The number of hydrogen-bond donors (Lipinski definition) is 2. The highest BCUT2D eigenvalue weighted by atomic mass is 35.5. The van der Waals surface area contributed by atoms with E-state index >= 15 is 0 Å². The number of nitrogens with zero attached hydrogens (tertiary/aromatic N) is 1. The SMILES string of the molecule is CC1CCCC(O)(CNC(=O)c2cccc(Cl)n2)C1. The molecular weight excluding hydrogens is 264 g/mol. The van der Waals surface area contributed by atoms with Crippen molar-refractivity contribution < 1.29 is 9.90 Å². The van der Waals surface area contributed by atoms with Gasteiger partial charge >= 0.3 is 0 Å². The number of aliphatic hydroxyl groups is 1. The molecule has 1 aromatic heterocycles. The van der Waals surface area contributed by atoms with Gasteiger partial charge in [0.15, 0.2) is 0 Å². The van der Waals surface area contributed by atoms with Crippen LogP contribution in [0.5, 0.6) is 0 Å². The number of nitrogens with one attached hydrogen (secondary N) is 1. The van der Waals surface area contributed by atoms with Crippen LogP contribution in [0.25, 0.3) is 0 Å². The van der Waals surface area contributed by atoms with E-state index in [-0.39, 0.29) is 23.3 Å². The van der Waals surface area contributed by atoms with Crippen molar-refractivity contribution in [1.29, 1.82) is 0 Å². The summed E-state index contributed by atoms with van der Waals surface area (Å²) in [5.74, 6) is 0.203. The van der Waals surface area contributed by atoms with Crippen molar-refractivity contribution in [1.82, 2.24) is 10.3 Å². The van der Waals surface area contributed by atoms with Crippen LogP contribution in [-0.4, -0.2) is 28.1 Å². The van der Waals surface area contributed by atoms with Crippen molar-refractivity contribution in [3.05, 3.63) is 29.0 Å². The molecule has 2 N–H and O–H groups in total. The van der Waals surface area contributed by atoms with Gasteiger partial charge in [-0.3, -0.25) is 4.79 Å². The molecule has 1 aliphatic carbocycles. The molecule has 1 heterocycles. The molecule has 0 spiro atoms. The van der Waals surface area contributed by atoms with Gasteiger partial charge in [0.25, 0.3) is 5.91 Å². The molecular formula is C14H19ClN2O2. The quantitative estimate of drug-likeness (QED) is 0.837. The smallest absolute Gasteiger partial charge is 0.270 e. The lowest BCUT2D eigenvalue weighted by atomic mass is 9.79. The van der Waals surface area contributed by atoms with Crippen LogP contribution in [0, 0.1) is 5.92 Å². The minimum absolute atomic E-state index is 0.268. The second kappa shape index (κ2) is 5.88. The normalized spacial score (nSPS) is 27.0. The van der Waals surface area contributed by atoms with Gasteiger partial charge in [0.1, 0.15) is 10.8 Å². The Morgan fingerprint density at radius 3 is 3.11 bits per heavy atom. The van der Waals surface area contributed by atoms with Crippen LogP contribution in [0.3, 0.4) is 0 Å². The summed E-state index contributed by atoms with van der Waals surface area (Å²) in [6.07, 6.45) is 3.62. The van der Waals surface area contributed by atoms with Gasteiger partial charge in [-0.1, -0.05) is 37.4 Å². The van der Waals surface area contributed by atoms with Gasteiger partial charge in [0.05, 0.1) is 5.60 Å². The maximum Gasteiger partial charge on any atom is 0.270 e. The maximum absolute atomic E-state index is 11.9. The third kappa shape index (κ3) is 3.91. The number of pyridine rings is 1. The summed E-state index contributed by atoms with van der Waals surface area (Å²) in [4.78, 5) is 15.9. The van der Waals surface area contributed by atoms with E-state index in [9.17, 15) is 9.90 Å². The molecule has 1 aliphatic rings. The van der Waals surface area contributed by atoms with Crippen LogP contribution in [-0.2, 0) is 0 Å². The van der Waals surface area contributed by atoms with Gasteiger partial charge < -0.3 is 10.4 Å². The zero-order chi connectivity index (χ0) is 13.9. The molecule has 1 saturated carbocycles. The number of hydrogen-bond acceptors (Lipinski definition) is 3. The standard InChI is InChI=1S/C14H19ClN2O2/c1-10-4-3-7-14(19,8-10)9-16-13(18)11-5-2-6-12(15)17-11/h2,5-6,10,19H,3-4,7-9H2,1H3,(H,16,18). The molecule has 0 radical (unpaired) electrons. The molecule has 104 valence electrons. The Bertz CT molecular complexity index is 467. The van der Waals surface area contributed by atoms with E-state index in [2.05, 4.69) is 17.2 Å². The van der Waals surface area contributed by atoms with Crippen molar-refractivity contribution in [3.8, 4) is 0 Å². The van der Waals surface area contributed by atoms with Crippen LogP contribution in [0.4, 0.5) is 0 Å². The number of aromatic nitrogens is 1. The van der Waals surface area contributed by atoms with Crippen molar-refractivity contribution in [2.75, 3.05) is 6.54 Å². The highest BCUT2D eigenvalue weighted by Gasteiger charge is 2.32. The van der Waals surface area contributed by atoms with Crippen LogP contribution < -0.4 is 5.32 Å². The Labute approximate surface area is 118 Å². The molecule has 2 rings (SSSR count). The summed E-state index contributed by atoms with van der Waals surface area (Å²) < 4.78 is 0. The first-order valence-electron chi connectivity index (χ1n) is 6.62. The molecule has 1 fully saturated rings. The minimum atomic E-state index is -0.786. The number of carbonyl (C=O) groups is 1. The monoisotopic (exact) mass is 282 g/mol. The zero-order valence-corrected chi connectivity index (χ0v) is 11.8. The first-order chi connectivity index (χ1) is 8.98. The van der Waals surface area contributed by atoms with Gasteiger partial charge in [-0.15, -0.1) is 0 Å². The molecule has 0 aromatic carbocycles. The molecule has 0 bridgehead atoms. The summed E-state index contributed by atoms with van der Waals surface area (Å²) >= 11 is 5.74. The largest absolute Gasteiger partial charge is 0.388 e. The number of amides is 1. The summed E-state index contributed by atoms with van der Waals surface area (Å²) in [5.41, 5.74) is -0.508. The van der Waals surface area contributed by atoms with E-state index in [1.807, 2.05) is 0 Å². The van der Waals surface area contributed by atoms with E-state index in [1.54, 1.807) is 18.2 Å². The molecule has 4 nitrogen and oxygen atoms in total. The van der Waals surface area contributed by atoms with Gasteiger partial charge in [-0.25, -0.2) is 4.98 Å². The van der Waals surface area contributed by atoms with Crippen LogP contribution in [0.2, 0.25) is 5.15 Å². The van der Waals surface area contributed by atoms with E-state index in [4.69, 9.17) is 11.6 Å². The Morgan fingerprint density at radius 2 is 2.42 bits per heavy atom. The molecule has 19 heavy (non-hydrogen) atoms. The highest BCUT2D eigenvalue weighted by Crippen LogP contribution is 2.31. The minimum Gasteiger partial charge on any atom is -0.388 e. The third-order valence-electron chi connectivity index (χ3n) is 3.59. The topological polar surface area (TPSA) is 62.2 Å². The summed E-state index contributed by atoms with van der Waals surface area (Å²) in [7, 11) is 0. The molecule has 0 aliphatic heterocycles. The Balaban J connectivity index is 1.93. The third-order valence-corrected chi connectivity index (χ3v) is 3.80. The average molecular weight is 283 g/mol. The molecule has 2 atom stereocenters. The lowest BCUT2D eigenvalue weighted by Crippen LogP contribution is -2.45. The Kier molecular flexibility index (Phi) is 4.42. The molecule has 0 saturated heterocycles. The summed E-state index contributed by atoms with van der Waals surface area (Å²) in [6, 6.07) is 4.91. The lowest BCUT2D eigenvalue weighted by molar-refractivity contribution is -0.0109. The first-order valence-corrected chi connectivity index (χ1v) is 6.99. The van der Waals surface area contributed by atoms with Crippen molar-refractivity contribution >= 4 is 17.5 Å². The fourth-order valence-electron chi connectivity index (χ4n) is 2.66. The summed E-state index contributed by atoms with van der Waals surface area (Å²) in [5, 5.41) is 13.5. The number of carbonyl (C=O) groups excluding carboxylic acids is 1. The maximum atomic E-state index is 11.9. The molecule has 5 heteroatoms. The fourth-order valence-corrected chi connectivity index (χ4v) is 2.83. The molecule has 1 amide bonds. The van der Waals surface area contributed by atoms with Gasteiger partial charge in [-0.2, -0.15) is 0 Å². The Hall–Kier alpha value is -1.13. The molecule has 2 unspecified atom stereocenters. The number of rotatable bonds is 3. The fraction of sp³-hybridized carbons (Fsp3) is 0.571. The predicted octanol–water partition coefficient (Wildman–Crippen LogP) is 2.41. The second-order valence-corrected chi connectivity index (χ2v) is 5.84. The van der Waals surface area contributed by atoms with E-state index in [0.29, 0.717) is 5.92 Å². The zero-order valence-electron chi connectivity index (χ0n) is 11.0. The first kappa shape index (κ1) is 14.3. The van der Waals surface area contributed by atoms with Gasteiger partial charge in [-0.05, 0) is 30.9 Å². The van der Waals surface area contributed by atoms with Crippen molar-refractivity contribution in [2.24, 2.45) is 5.92 Å². The average Bonchev–Trinajstić information content (AvgIpc) is 2.36. The van der Waals surface area contributed by atoms with Gasteiger partial charge in [0, 0.05) is 6.54 Å². The van der Waals surface area contributed by atoms with E-state index < -0.39 is 5.60 Å².